The Hall–Kier alpha value is -7.82. The smallest absolute Gasteiger partial charge is 0.0542 e. The van der Waals surface area contributed by atoms with E-state index in [9.17, 15) is 0 Å². The average molecular weight is 787 g/mol. The molecule has 0 saturated heterocycles. The van der Waals surface area contributed by atoms with Crippen molar-refractivity contribution in [3.05, 3.63) is 242 Å². The van der Waals surface area contributed by atoms with Crippen LogP contribution in [-0.4, -0.2) is 11.1 Å². The van der Waals surface area contributed by atoms with Gasteiger partial charge in [0.25, 0.3) is 0 Å². The highest BCUT2D eigenvalue weighted by molar-refractivity contribution is 6.11. The highest BCUT2D eigenvalue weighted by Gasteiger charge is 2.23. The molecule has 0 spiro atoms. The quantitative estimate of drug-likeness (QED) is 0.152. The third-order valence-electron chi connectivity index (χ3n) is 11.5. The number of nitrogens with zero attached hydrogens (tertiary/aromatic N) is 4. The zero-order chi connectivity index (χ0) is 41.3. The molecule has 4 heteroatoms. The number of rotatable bonds is 8. The first-order valence-corrected chi connectivity index (χ1v) is 20.9. The van der Waals surface area contributed by atoms with Crippen molar-refractivity contribution in [2.24, 2.45) is 0 Å². The third kappa shape index (κ3) is 7.19. The van der Waals surface area contributed by atoms with E-state index >= 15 is 0 Å². The van der Waals surface area contributed by atoms with E-state index < -0.39 is 0 Å². The number of hydrogen-bond acceptors (Lipinski definition) is 3. The Morgan fingerprint density at radius 2 is 1.00 bits per heavy atom. The summed E-state index contributed by atoms with van der Waals surface area (Å²) in [6.45, 7) is 9.56. The molecular weight excluding hydrogens is 741 g/mol. The lowest BCUT2D eigenvalue weighted by molar-refractivity contribution is 1.08. The maximum Gasteiger partial charge on any atom is 0.0542 e. The maximum atomic E-state index is 4.58. The summed E-state index contributed by atoms with van der Waals surface area (Å²) in [4.78, 5) is 7.14. The number of anilines is 8. The van der Waals surface area contributed by atoms with E-state index in [4.69, 9.17) is 0 Å². The molecule has 0 radical (unpaired) electrons. The van der Waals surface area contributed by atoms with Crippen LogP contribution in [0.3, 0.4) is 0 Å². The van der Waals surface area contributed by atoms with Crippen LogP contribution in [0, 0.1) is 6.92 Å². The second-order valence-electron chi connectivity index (χ2n) is 15.7. The van der Waals surface area contributed by atoms with Gasteiger partial charge in [-0.3, -0.25) is 0 Å². The highest BCUT2D eigenvalue weighted by Crippen LogP contribution is 2.44. The van der Waals surface area contributed by atoms with Gasteiger partial charge in [0.1, 0.15) is 0 Å². The van der Waals surface area contributed by atoms with E-state index in [1.54, 1.807) is 0 Å². The number of para-hydroxylation sites is 5. The van der Waals surface area contributed by atoms with Crippen LogP contribution in [0.4, 0.5) is 45.5 Å². The number of benzene rings is 8. The lowest BCUT2D eigenvalue weighted by Crippen LogP contribution is -2.20. The van der Waals surface area contributed by atoms with Crippen LogP contribution in [0.15, 0.2) is 231 Å². The summed E-state index contributed by atoms with van der Waals surface area (Å²) in [7, 11) is 0. The molecule has 1 aromatic heterocycles. The SMILES string of the molecule is C=C1/C=C(C)\C=C/CN(c2cc(N(c3ccccc3)c3ccccc3)cc(-n3c4ccccc4c4cc(N(c5ccccc5)c5ccccc5)ccc43)c2)c2ccc(C)cc21. The lowest BCUT2D eigenvalue weighted by atomic mass is 10.00. The van der Waals surface area contributed by atoms with Crippen molar-refractivity contribution in [2.75, 3.05) is 21.2 Å². The van der Waals surface area contributed by atoms with Gasteiger partial charge in [-0.2, -0.15) is 0 Å². The topological polar surface area (TPSA) is 14.7 Å². The molecule has 4 nitrogen and oxygen atoms in total. The molecule has 0 unspecified atom stereocenters. The van der Waals surface area contributed by atoms with E-state index in [2.05, 4.69) is 258 Å². The Morgan fingerprint density at radius 3 is 1.62 bits per heavy atom. The van der Waals surface area contributed by atoms with Crippen molar-refractivity contribution in [1.82, 2.24) is 4.57 Å². The van der Waals surface area contributed by atoms with E-state index in [1.807, 2.05) is 0 Å². The molecule has 0 saturated carbocycles. The van der Waals surface area contributed by atoms with Crippen LogP contribution in [0.2, 0.25) is 0 Å². The predicted molar refractivity (Wildman–Crippen MR) is 260 cm³/mol. The van der Waals surface area contributed by atoms with Crippen molar-refractivity contribution >= 4 is 72.9 Å². The fraction of sp³-hybridized carbons (Fsp3) is 0.0526. The standard InChI is InChI=1S/C57H46N4/c1-41-19-18-34-58(55-32-30-42(2)36-53(55)43(3)35-41)49-37-50(60(46-24-12-6-13-25-46)47-26-14-7-15-27-47)39-51(38-49)61-56-29-17-16-28-52(56)54-40-48(31-33-57(54)61)59(44-20-8-4-9-21-44)45-22-10-5-11-23-45/h4-33,35-40H,3,34H2,1-2H3/b19-18-,41-35-. The molecule has 0 bridgehead atoms. The summed E-state index contributed by atoms with van der Waals surface area (Å²) in [5, 5.41) is 2.38. The van der Waals surface area contributed by atoms with Crippen LogP contribution < -0.4 is 14.7 Å². The molecule has 8 aromatic carbocycles. The fourth-order valence-corrected chi connectivity index (χ4v) is 8.80. The van der Waals surface area contributed by atoms with Gasteiger partial charge in [-0.05, 0) is 123 Å². The third-order valence-corrected chi connectivity index (χ3v) is 11.5. The second kappa shape index (κ2) is 16.1. The molecule has 1 aliphatic rings. The van der Waals surface area contributed by atoms with Crippen molar-refractivity contribution in [2.45, 2.75) is 13.8 Å². The van der Waals surface area contributed by atoms with Gasteiger partial charge < -0.3 is 19.3 Å². The van der Waals surface area contributed by atoms with E-state index in [1.165, 1.54) is 21.9 Å². The summed E-state index contributed by atoms with van der Waals surface area (Å²) >= 11 is 0. The second-order valence-corrected chi connectivity index (χ2v) is 15.7. The van der Waals surface area contributed by atoms with Crippen LogP contribution in [0.5, 0.6) is 0 Å². The number of aryl methyl sites for hydroxylation is 1. The first-order valence-electron chi connectivity index (χ1n) is 20.9. The largest absolute Gasteiger partial charge is 0.337 e. The molecule has 10 rings (SSSR count). The summed E-state index contributed by atoms with van der Waals surface area (Å²) in [5.41, 5.74) is 16.6. The molecule has 0 aliphatic carbocycles. The zero-order valence-electron chi connectivity index (χ0n) is 34.5. The van der Waals surface area contributed by atoms with Gasteiger partial charge in [0.2, 0.25) is 0 Å². The minimum absolute atomic E-state index is 0.680. The molecule has 2 heterocycles. The first kappa shape index (κ1) is 37.5. The molecule has 1 aliphatic heterocycles. The number of hydrogen-bond donors (Lipinski definition) is 0. The lowest BCUT2D eigenvalue weighted by Gasteiger charge is -2.31. The Kier molecular flexibility index (Phi) is 9.88. The van der Waals surface area contributed by atoms with Crippen LogP contribution in [0.1, 0.15) is 18.1 Å². The summed E-state index contributed by atoms with van der Waals surface area (Å²) in [6.07, 6.45) is 6.66. The van der Waals surface area contributed by atoms with Crippen molar-refractivity contribution in [3.63, 3.8) is 0 Å². The summed E-state index contributed by atoms with van der Waals surface area (Å²) < 4.78 is 2.44. The Morgan fingerprint density at radius 1 is 0.459 bits per heavy atom. The average Bonchev–Trinajstić information content (AvgIpc) is 3.65. The molecule has 0 atom stereocenters. The zero-order valence-corrected chi connectivity index (χ0v) is 34.5. The molecule has 0 amide bonds. The maximum absolute atomic E-state index is 4.58. The van der Waals surface area contributed by atoms with Crippen LogP contribution >= 0.6 is 0 Å². The molecule has 0 N–H and O–H groups in total. The number of aromatic nitrogens is 1. The molecular formula is C57H46N4. The fourth-order valence-electron chi connectivity index (χ4n) is 8.80. The van der Waals surface area contributed by atoms with Gasteiger partial charge >= 0.3 is 0 Å². The molecule has 61 heavy (non-hydrogen) atoms. The monoisotopic (exact) mass is 786 g/mol. The minimum Gasteiger partial charge on any atom is -0.337 e. The van der Waals surface area contributed by atoms with Gasteiger partial charge in [0.15, 0.2) is 0 Å². The van der Waals surface area contributed by atoms with Gasteiger partial charge in [0.05, 0.1) is 22.4 Å². The minimum atomic E-state index is 0.680. The Balaban J connectivity index is 1.24. The molecule has 0 fully saturated rings. The van der Waals surface area contributed by atoms with E-state index in [0.717, 1.165) is 73.4 Å². The summed E-state index contributed by atoms with van der Waals surface area (Å²) in [6, 6.07) is 72.1. The first-order chi connectivity index (χ1) is 30.0. The van der Waals surface area contributed by atoms with Crippen molar-refractivity contribution in [1.29, 1.82) is 0 Å². The molecule has 294 valence electrons. The highest BCUT2D eigenvalue weighted by atomic mass is 15.2. The van der Waals surface area contributed by atoms with Crippen molar-refractivity contribution in [3.8, 4) is 5.69 Å². The van der Waals surface area contributed by atoms with Gasteiger partial charge in [-0.15, -0.1) is 0 Å². The number of allylic oxidation sites excluding steroid dienone is 4. The molecule has 9 aromatic rings. The Bertz CT molecular complexity index is 3010. The van der Waals surface area contributed by atoms with E-state index in [-0.39, 0.29) is 0 Å². The van der Waals surface area contributed by atoms with Gasteiger partial charge in [-0.1, -0.05) is 133 Å². The normalized spacial score (nSPS) is 14.1. The Labute approximate surface area is 358 Å². The predicted octanol–water partition coefficient (Wildman–Crippen LogP) is 15.7. The van der Waals surface area contributed by atoms with Gasteiger partial charge in [-0.25, -0.2) is 0 Å². The van der Waals surface area contributed by atoms with E-state index in [0.29, 0.717) is 6.54 Å². The van der Waals surface area contributed by atoms with Crippen LogP contribution in [-0.2, 0) is 0 Å². The van der Waals surface area contributed by atoms with Crippen molar-refractivity contribution < 1.29 is 0 Å². The van der Waals surface area contributed by atoms with Gasteiger partial charge in [0, 0.05) is 62.7 Å². The van der Waals surface area contributed by atoms with Crippen LogP contribution in [0.25, 0.3) is 33.1 Å². The number of fused-ring (bicyclic) bond motifs is 4. The summed E-state index contributed by atoms with van der Waals surface area (Å²) in [5.74, 6) is 0.